The predicted molar refractivity (Wildman–Crippen MR) is 80.6 cm³/mol. The molecule has 1 aliphatic rings. The molecule has 0 aliphatic heterocycles. The minimum atomic E-state index is -0.323. The monoisotopic (exact) mass is 276 g/mol. The molecule has 0 saturated heterocycles. The van der Waals surface area contributed by atoms with Crippen molar-refractivity contribution in [2.45, 2.75) is 51.4 Å². The van der Waals surface area contributed by atoms with Crippen molar-refractivity contribution >= 4 is 5.69 Å². The first kappa shape index (κ1) is 15.0. The molecule has 1 aromatic rings. The van der Waals surface area contributed by atoms with Crippen molar-refractivity contribution in [2.75, 3.05) is 6.54 Å². The second-order valence-electron chi connectivity index (χ2n) is 6.08. The Hall–Kier alpha value is -1.42. The Labute approximate surface area is 120 Å². The van der Waals surface area contributed by atoms with E-state index < -0.39 is 0 Å². The number of hydrogen-bond acceptors (Lipinski definition) is 3. The molecule has 0 radical (unpaired) electrons. The zero-order valence-corrected chi connectivity index (χ0v) is 12.0. The molecule has 4 nitrogen and oxygen atoms in total. The highest BCUT2D eigenvalue weighted by Crippen LogP contribution is 2.36. The Bertz CT molecular complexity index is 452. The number of nitrogens with two attached hydrogens (primary N) is 1. The third kappa shape index (κ3) is 3.79. The molecule has 2 N–H and O–H groups in total. The molecule has 0 atom stereocenters. The molecule has 1 fully saturated rings. The fourth-order valence-electron chi connectivity index (χ4n) is 3.32. The van der Waals surface area contributed by atoms with Gasteiger partial charge in [-0.2, -0.15) is 0 Å². The van der Waals surface area contributed by atoms with Crippen LogP contribution >= 0.6 is 0 Å². The maximum absolute atomic E-state index is 10.9. The number of hydrogen-bond donors (Lipinski definition) is 1. The normalized spacial score (nSPS) is 19.1. The first-order valence-electron chi connectivity index (χ1n) is 7.59. The van der Waals surface area contributed by atoms with Crippen LogP contribution in [-0.2, 0) is 6.42 Å². The summed E-state index contributed by atoms with van der Waals surface area (Å²) >= 11 is 0. The van der Waals surface area contributed by atoms with Gasteiger partial charge in [0.05, 0.1) is 4.92 Å². The van der Waals surface area contributed by atoms with Crippen molar-refractivity contribution in [1.29, 1.82) is 0 Å². The third-order valence-electron chi connectivity index (χ3n) is 4.55. The topological polar surface area (TPSA) is 69.2 Å². The highest BCUT2D eigenvalue weighted by atomic mass is 16.6. The van der Waals surface area contributed by atoms with Crippen LogP contribution in [0.25, 0.3) is 0 Å². The fourth-order valence-corrected chi connectivity index (χ4v) is 3.32. The summed E-state index contributed by atoms with van der Waals surface area (Å²) in [6, 6.07) is 7.02. The Kier molecular flexibility index (Phi) is 5.12. The van der Waals surface area contributed by atoms with Crippen LogP contribution in [-0.4, -0.2) is 11.5 Å². The van der Waals surface area contributed by atoms with Gasteiger partial charge in [0.1, 0.15) is 0 Å². The summed E-state index contributed by atoms with van der Waals surface area (Å²) in [4.78, 5) is 10.6. The van der Waals surface area contributed by atoms with Crippen LogP contribution in [0.5, 0.6) is 0 Å². The molecular weight excluding hydrogens is 252 g/mol. The molecular formula is C16H24N2O2. The SMILES string of the molecule is NCC1(Cc2cccc([N+](=O)[O-])c2)CCCCCCC1. The van der Waals surface area contributed by atoms with E-state index in [1.165, 1.54) is 32.1 Å². The Morgan fingerprint density at radius 1 is 1.15 bits per heavy atom. The van der Waals surface area contributed by atoms with Gasteiger partial charge in [0.15, 0.2) is 0 Å². The molecule has 1 aromatic carbocycles. The molecule has 0 amide bonds. The minimum Gasteiger partial charge on any atom is -0.330 e. The Balaban J connectivity index is 2.15. The zero-order chi connectivity index (χ0) is 14.4. The van der Waals surface area contributed by atoms with Gasteiger partial charge in [0.25, 0.3) is 5.69 Å². The summed E-state index contributed by atoms with van der Waals surface area (Å²) in [6.45, 7) is 0.676. The molecule has 0 aromatic heterocycles. The Morgan fingerprint density at radius 3 is 2.40 bits per heavy atom. The van der Waals surface area contributed by atoms with Gasteiger partial charge in [0.2, 0.25) is 0 Å². The second kappa shape index (κ2) is 6.84. The lowest BCUT2D eigenvalue weighted by atomic mass is 9.72. The number of benzene rings is 1. The van der Waals surface area contributed by atoms with Crippen LogP contribution in [0, 0.1) is 15.5 Å². The third-order valence-corrected chi connectivity index (χ3v) is 4.55. The van der Waals surface area contributed by atoms with Crippen LogP contribution in [0.2, 0.25) is 0 Å². The lowest BCUT2D eigenvalue weighted by molar-refractivity contribution is -0.384. The van der Waals surface area contributed by atoms with E-state index in [4.69, 9.17) is 5.73 Å². The average Bonchev–Trinajstić information content (AvgIpc) is 2.42. The van der Waals surface area contributed by atoms with Crippen LogP contribution < -0.4 is 5.73 Å². The maximum atomic E-state index is 10.9. The van der Waals surface area contributed by atoms with Crippen molar-refractivity contribution in [2.24, 2.45) is 11.1 Å². The summed E-state index contributed by atoms with van der Waals surface area (Å²) in [5.41, 5.74) is 7.43. The average molecular weight is 276 g/mol. The van der Waals surface area contributed by atoms with Crippen LogP contribution in [0.4, 0.5) is 5.69 Å². The molecule has 4 heteroatoms. The van der Waals surface area contributed by atoms with Crippen LogP contribution in [0.3, 0.4) is 0 Å². The number of rotatable bonds is 4. The molecule has 20 heavy (non-hydrogen) atoms. The fraction of sp³-hybridized carbons (Fsp3) is 0.625. The number of nitro groups is 1. The van der Waals surface area contributed by atoms with Gasteiger partial charge in [-0.25, -0.2) is 0 Å². The maximum Gasteiger partial charge on any atom is 0.269 e. The molecule has 1 aliphatic carbocycles. The van der Waals surface area contributed by atoms with E-state index >= 15 is 0 Å². The van der Waals surface area contributed by atoms with Gasteiger partial charge in [-0.15, -0.1) is 0 Å². The first-order chi connectivity index (χ1) is 9.65. The van der Waals surface area contributed by atoms with Gasteiger partial charge < -0.3 is 5.73 Å². The lowest BCUT2D eigenvalue weighted by Gasteiger charge is -2.34. The molecule has 0 bridgehead atoms. The van der Waals surface area contributed by atoms with Crippen molar-refractivity contribution in [3.8, 4) is 0 Å². The number of nitro benzene ring substituents is 1. The largest absolute Gasteiger partial charge is 0.330 e. The standard InChI is InChI=1S/C16H24N2O2/c17-13-16(9-4-2-1-3-5-10-16)12-14-7-6-8-15(11-14)18(19)20/h6-8,11H,1-5,9-10,12-13,17H2. The van der Waals surface area contributed by atoms with Crippen molar-refractivity contribution in [3.63, 3.8) is 0 Å². The number of nitrogens with zero attached hydrogens (tertiary/aromatic N) is 1. The summed E-state index contributed by atoms with van der Waals surface area (Å²) < 4.78 is 0. The smallest absolute Gasteiger partial charge is 0.269 e. The summed E-state index contributed by atoms with van der Waals surface area (Å²) in [5, 5.41) is 10.9. The van der Waals surface area contributed by atoms with Crippen LogP contribution in [0.1, 0.15) is 50.5 Å². The highest BCUT2D eigenvalue weighted by molar-refractivity contribution is 5.34. The van der Waals surface area contributed by atoms with E-state index in [1.54, 1.807) is 18.2 Å². The summed E-state index contributed by atoms with van der Waals surface area (Å²) in [6.07, 6.45) is 9.52. The molecule has 0 heterocycles. The highest BCUT2D eigenvalue weighted by Gasteiger charge is 2.29. The van der Waals surface area contributed by atoms with Crippen molar-refractivity contribution in [3.05, 3.63) is 39.9 Å². The van der Waals surface area contributed by atoms with Gasteiger partial charge in [-0.05, 0) is 36.8 Å². The predicted octanol–water partition coefficient (Wildman–Crippen LogP) is 3.83. The van der Waals surface area contributed by atoms with Gasteiger partial charge >= 0.3 is 0 Å². The van der Waals surface area contributed by atoms with Crippen LogP contribution in [0.15, 0.2) is 24.3 Å². The lowest BCUT2D eigenvalue weighted by Crippen LogP contribution is -2.33. The second-order valence-corrected chi connectivity index (χ2v) is 6.08. The van der Waals surface area contributed by atoms with E-state index in [-0.39, 0.29) is 16.0 Å². The van der Waals surface area contributed by atoms with Crippen molar-refractivity contribution < 1.29 is 4.92 Å². The first-order valence-corrected chi connectivity index (χ1v) is 7.59. The molecule has 0 spiro atoms. The van der Waals surface area contributed by atoms with Gasteiger partial charge in [-0.1, -0.05) is 44.2 Å². The molecule has 1 saturated carbocycles. The van der Waals surface area contributed by atoms with Gasteiger partial charge in [0, 0.05) is 12.1 Å². The van der Waals surface area contributed by atoms with E-state index in [1.807, 2.05) is 6.07 Å². The van der Waals surface area contributed by atoms with E-state index in [0.717, 1.165) is 24.8 Å². The molecule has 110 valence electrons. The zero-order valence-electron chi connectivity index (χ0n) is 12.0. The van der Waals surface area contributed by atoms with Crippen molar-refractivity contribution in [1.82, 2.24) is 0 Å². The number of non-ortho nitro benzene ring substituents is 1. The summed E-state index contributed by atoms with van der Waals surface area (Å²) in [5.74, 6) is 0. The molecule has 2 rings (SSSR count). The van der Waals surface area contributed by atoms with E-state index in [2.05, 4.69) is 0 Å². The van der Waals surface area contributed by atoms with E-state index in [0.29, 0.717) is 6.54 Å². The minimum absolute atomic E-state index is 0.135. The Morgan fingerprint density at radius 2 is 1.80 bits per heavy atom. The quantitative estimate of drug-likeness (QED) is 0.671. The van der Waals surface area contributed by atoms with Gasteiger partial charge in [-0.3, -0.25) is 10.1 Å². The van der Waals surface area contributed by atoms with E-state index in [9.17, 15) is 10.1 Å². The molecule has 0 unspecified atom stereocenters. The summed E-state index contributed by atoms with van der Waals surface area (Å²) in [7, 11) is 0.